The topological polar surface area (TPSA) is 59.8 Å². The Morgan fingerprint density at radius 3 is 3.12 bits per heavy atom. The molecule has 2 rings (SSSR count). The first-order valence-electron chi connectivity index (χ1n) is 5.80. The molecular weight excluding hydrogens is 204 g/mol. The van der Waals surface area contributed by atoms with E-state index in [9.17, 15) is 4.79 Å². The molecule has 1 saturated heterocycles. The molecule has 1 N–H and O–H groups in total. The van der Waals surface area contributed by atoms with Crippen molar-refractivity contribution in [2.24, 2.45) is 5.92 Å². The maximum atomic E-state index is 12.0. The van der Waals surface area contributed by atoms with Crippen LogP contribution in [0.5, 0.6) is 0 Å². The molecule has 0 amide bonds. The highest BCUT2D eigenvalue weighted by molar-refractivity contribution is 5.83. The van der Waals surface area contributed by atoms with Gasteiger partial charge < -0.3 is 5.32 Å². The Morgan fingerprint density at radius 2 is 2.50 bits per heavy atom. The van der Waals surface area contributed by atoms with Gasteiger partial charge in [0.15, 0.2) is 0 Å². The summed E-state index contributed by atoms with van der Waals surface area (Å²) in [5.41, 5.74) is 0. The molecule has 5 heteroatoms. The van der Waals surface area contributed by atoms with Crippen LogP contribution in [-0.2, 0) is 11.2 Å². The number of hydrogen-bond donors (Lipinski definition) is 1. The average molecular weight is 222 g/mol. The quantitative estimate of drug-likeness (QED) is 0.809. The fourth-order valence-corrected chi connectivity index (χ4v) is 2.06. The van der Waals surface area contributed by atoms with Crippen molar-refractivity contribution >= 4 is 5.78 Å². The number of ketones is 1. The molecule has 16 heavy (non-hydrogen) atoms. The summed E-state index contributed by atoms with van der Waals surface area (Å²) in [6.45, 7) is 5.85. The monoisotopic (exact) mass is 222 g/mol. The highest BCUT2D eigenvalue weighted by atomic mass is 16.1. The van der Waals surface area contributed by atoms with E-state index in [1.165, 1.54) is 6.33 Å². The molecule has 0 radical (unpaired) electrons. The summed E-state index contributed by atoms with van der Waals surface area (Å²) < 4.78 is 1.82. The summed E-state index contributed by atoms with van der Waals surface area (Å²) in [7, 11) is 0. The largest absolute Gasteiger partial charge is 0.316 e. The first kappa shape index (κ1) is 11.3. The van der Waals surface area contributed by atoms with Crippen LogP contribution < -0.4 is 5.32 Å². The number of nitrogens with zero attached hydrogens (tertiary/aromatic N) is 3. The summed E-state index contributed by atoms with van der Waals surface area (Å²) in [6.07, 6.45) is 2.88. The minimum Gasteiger partial charge on any atom is -0.316 e. The van der Waals surface area contributed by atoms with Gasteiger partial charge in [-0.05, 0) is 26.8 Å². The van der Waals surface area contributed by atoms with Gasteiger partial charge in [0.25, 0.3) is 0 Å². The second-order valence-corrected chi connectivity index (χ2v) is 4.55. The number of hydrogen-bond acceptors (Lipinski definition) is 4. The number of Topliss-reactive ketones (excluding diaryl/α,β-unsaturated/α-hetero) is 1. The first-order chi connectivity index (χ1) is 7.68. The molecule has 1 atom stereocenters. The molecule has 0 aromatic carbocycles. The third kappa shape index (κ3) is 2.29. The molecule has 2 heterocycles. The maximum absolute atomic E-state index is 12.0. The first-order valence-corrected chi connectivity index (χ1v) is 5.80. The third-order valence-electron chi connectivity index (χ3n) is 2.98. The number of nitrogens with one attached hydrogen (secondary N) is 1. The minimum absolute atomic E-state index is 0.164. The Bertz CT molecular complexity index is 366. The lowest BCUT2D eigenvalue weighted by molar-refractivity contribution is -0.121. The van der Waals surface area contributed by atoms with E-state index in [-0.39, 0.29) is 17.7 Å². The van der Waals surface area contributed by atoms with Crippen molar-refractivity contribution in [3.63, 3.8) is 0 Å². The molecule has 1 fully saturated rings. The molecule has 88 valence electrons. The van der Waals surface area contributed by atoms with E-state index in [0.29, 0.717) is 6.42 Å². The molecule has 1 aliphatic heterocycles. The van der Waals surface area contributed by atoms with Gasteiger partial charge in [0, 0.05) is 18.5 Å². The van der Waals surface area contributed by atoms with Crippen molar-refractivity contribution in [1.29, 1.82) is 0 Å². The van der Waals surface area contributed by atoms with Crippen LogP contribution in [0.3, 0.4) is 0 Å². The van der Waals surface area contributed by atoms with Crippen LogP contribution in [0.1, 0.15) is 32.1 Å². The number of aromatic nitrogens is 3. The molecule has 0 aliphatic carbocycles. The van der Waals surface area contributed by atoms with Crippen molar-refractivity contribution in [3.8, 4) is 0 Å². The Hall–Kier alpha value is -1.23. The van der Waals surface area contributed by atoms with Gasteiger partial charge in [-0.2, -0.15) is 5.10 Å². The lowest BCUT2D eigenvalue weighted by Crippen LogP contribution is -2.22. The zero-order chi connectivity index (χ0) is 11.5. The van der Waals surface area contributed by atoms with Crippen LogP contribution in [0.4, 0.5) is 0 Å². The summed E-state index contributed by atoms with van der Waals surface area (Å²) in [4.78, 5) is 16.1. The van der Waals surface area contributed by atoms with Crippen LogP contribution in [-0.4, -0.2) is 33.6 Å². The van der Waals surface area contributed by atoms with Crippen molar-refractivity contribution in [2.75, 3.05) is 13.1 Å². The van der Waals surface area contributed by atoms with Crippen molar-refractivity contribution in [1.82, 2.24) is 20.1 Å². The Kier molecular flexibility index (Phi) is 3.33. The number of rotatable bonds is 4. The van der Waals surface area contributed by atoms with Crippen LogP contribution in [0.15, 0.2) is 6.33 Å². The molecular formula is C11H18N4O. The predicted octanol–water partition coefficient (Wildman–Crippen LogP) is 0.580. The summed E-state index contributed by atoms with van der Waals surface area (Å²) >= 11 is 0. The fraction of sp³-hybridized carbons (Fsp3) is 0.727. The summed E-state index contributed by atoms with van der Waals surface area (Å²) in [5, 5.41) is 7.34. The number of carbonyl (C=O) groups excluding carboxylic acids is 1. The van der Waals surface area contributed by atoms with Crippen LogP contribution in [0.2, 0.25) is 0 Å². The van der Waals surface area contributed by atoms with Gasteiger partial charge in [0.05, 0.1) is 6.42 Å². The molecule has 1 unspecified atom stereocenters. The second kappa shape index (κ2) is 4.74. The Balaban J connectivity index is 2.02. The molecule has 1 aliphatic rings. The van der Waals surface area contributed by atoms with Crippen LogP contribution >= 0.6 is 0 Å². The molecule has 1 aromatic heterocycles. The third-order valence-corrected chi connectivity index (χ3v) is 2.98. The Morgan fingerprint density at radius 1 is 1.69 bits per heavy atom. The van der Waals surface area contributed by atoms with E-state index in [1.54, 1.807) is 0 Å². The van der Waals surface area contributed by atoms with Crippen molar-refractivity contribution in [2.45, 2.75) is 32.7 Å². The van der Waals surface area contributed by atoms with E-state index in [4.69, 9.17) is 0 Å². The highest BCUT2D eigenvalue weighted by Gasteiger charge is 2.24. The second-order valence-electron chi connectivity index (χ2n) is 4.55. The van der Waals surface area contributed by atoms with E-state index in [0.717, 1.165) is 25.3 Å². The predicted molar refractivity (Wildman–Crippen MR) is 60.1 cm³/mol. The molecule has 0 saturated carbocycles. The van der Waals surface area contributed by atoms with Crippen molar-refractivity contribution in [3.05, 3.63) is 12.2 Å². The van der Waals surface area contributed by atoms with Gasteiger partial charge in [0.1, 0.15) is 17.9 Å². The van der Waals surface area contributed by atoms with E-state index >= 15 is 0 Å². The maximum Gasteiger partial charge on any atom is 0.144 e. The molecule has 0 bridgehead atoms. The lowest BCUT2D eigenvalue weighted by Gasteiger charge is -2.10. The highest BCUT2D eigenvalue weighted by Crippen LogP contribution is 2.13. The molecule has 0 spiro atoms. The van der Waals surface area contributed by atoms with Crippen LogP contribution in [0.25, 0.3) is 0 Å². The van der Waals surface area contributed by atoms with Gasteiger partial charge in [0.2, 0.25) is 0 Å². The molecule has 5 nitrogen and oxygen atoms in total. The fourth-order valence-electron chi connectivity index (χ4n) is 2.06. The van der Waals surface area contributed by atoms with Crippen LogP contribution in [0, 0.1) is 5.92 Å². The van der Waals surface area contributed by atoms with Gasteiger partial charge >= 0.3 is 0 Å². The normalized spacial score (nSPS) is 20.6. The summed E-state index contributed by atoms with van der Waals surface area (Å²) in [6, 6.07) is 0.256. The Labute approximate surface area is 95.2 Å². The van der Waals surface area contributed by atoms with Gasteiger partial charge in [-0.25, -0.2) is 9.67 Å². The van der Waals surface area contributed by atoms with Gasteiger partial charge in [-0.3, -0.25) is 4.79 Å². The van der Waals surface area contributed by atoms with Gasteiger partial charge in [-0.15, -0.1) is 0 Å². The van der Waals surface area contributed by atoms with E-state index in [2.05, 4.69) is 15.4 Å². The van der Waals surface area contributed by atoms with Crippen molar-refractivity contribution < 1.29 is 4.79 Å². The zero-order valence-corrected chi connectivity index (χ0v) is 9.81. The van der Waals surface area contributed by atoms with E-state index in [1.807, 2.05) is 18.5 Å². The SMILES string of the molecule is CC(C)n1ncnc1CC(=O)C1CCNC1. The molecule has 1 aromatic rings. The minimum atomic E-state index is 0.164. The lowest BCUT2D eigenvalue weighted by atomic mass is 10.0. The number of carbonyl (C=O) groups is 1. The standard InChI is InChI=1S/C11H18N4O/c1-8(2)15-11(13-7-14-15)5-10(16)9-3-4-12-6-9/h7-9,12H,3-6H2,1-2H3. The summed E-state index contributed by atoms with van der Waals surface area (Å²) in [5.74, 6) is 1.23. The van der Waals surface area contributed by atoms with Gasteiger partial charge in [-0.1, -0.05) is 0 Å². The average Bonchev–Trinajstić information content (AvgIpc) is 2.86. The smallest absolute Gasteiger partial charge is 0.144 e. The van der Waals surface area contributed by atoms with E-state index < -0.39 is 0 Å². The zero-order valence-electron chi connectivity index (χ0n) is 9.81.